The van der Waals surface area contributed by atoms with Crippen molar-refractivity contribution in [1.82, 2.24) is 37.2 Å². The summed E-state index contributed by atoms with van der Waals surface area (Å²) in [6.07, 6.45) is 4.21. The van der Waals surface area contributed by atoms with Crippen LogP contribution in [0.3, 0.4) is 0 Å². The summed E-state index contributed by atoms with van der Waals surface area (Å²) in [7, 11) is 1.11. The lowest BCUT2D eigenvalue weighted by molar-refractivity contribution is -0.155. The second kappa shape index (κ2) is 34.2. The third-order valence-electron chi connectivity index (χ3n) is 12.4. The minimum atomic E-state index is -1.59. The number of carboxylic acid groups (broad SMARTS) is 1. The lowest BCUT2D eigenvalue weighted by Gasteiger charge is -2.29. The van der Waals surface area contributed by atoms with Gasteiger partial charge in [0.2, 0.25) is 41.4 Å². The lowest BCUT2D eigenvalue weighted by Crippen LogP contribution is -2.61. The van der Waals surface area contributed by atoms with Crippen molar-refractivity contribution in [2.45, 2.75) is 234 Å². The molecule has 0 aromatic rings. The third-order valence-corrected chi connectivity index (χ3v) is 12.4. The summed E-state index contributed by atoms with van der Waals surface area (Å²) >= 11 is 0. The molecule has 20 heteroatoms. The highest BCUT2D eigenvalue weighted by atomic mass is 16.5. The van der Waals surface area contributed by atoms with Crippen LogP contribution in [0.25, 0.3) is 0 Å². The summed E-state index contributed by atoms with van der Waals surface area (Å²) in [5.41, 5.74) is 0. The molecule has 1 aliphatic heterocycles. The molecule has 1 rings (SSSR count). The van der Waals surface area contributed by atoms with E-state index < -0.39 is 133 Å². The van der Waals surface area contributed by atoms with Gasteiger partial charge in [0.15, 0.2) is 0 Å². The van der Waals surface area contributed by atoms with Crippen molar-refractivity contribution in [2.75, 3.05) is 7.11 Å². The van der Waals surface area contributed by atoms with Crippen LogP contribution in [0.5, 0.6) is 0 Å². The number of rotatable bonds is 23. The summed E-state index contributed by atoms with van der Waals surface area (Å²) in [5, 5.41) is 28.3. The van der Waals surface area contributed by atoms with E-state index in [-0.39, 0.29) is 62.2 Å². The molecule has 1 aliphatic rings. The molecular weight excluding hydrogens is 943 g/mol. The molecule has 418 valence electrons. The van der Waals surface area contributed by atoms with Gasteiger partial charge in [0, 0.05) is 6.42 Å². The van der Waals surface area contributed by atoms with Gasteiger partial charge in [-0.05, 0) is 80.5 Å². The van der Waals surface area contributed by atoms with Gasteiger partial charge in [0.05, 0.1) is 20.0 Å². The van der Waals surface area contributed by atoms with Crippen molar-refractivity contribution in [1.29, 1.82) is 0 Å². The number of esters is 2. The maximum atomic E-state index is 14.2. The van der Waals surface area contributed by atoms with E-state index in [0.29, 0.717) is 12.3 Å². The Morgan fingerprint density at radius 2 is 0.918 bits per heavy atom. The number of cyclic esters (lactones) is 1. The topological polar surface area (TPSA) is 294 Å². The molecule has 1 fully saturated rings. The molecule has 8 N–H and O–H groups in total. The van der Waals surface area contributed by atoms with Crippen LogP contribution in [-0.2, 0) is 57.4 Å². The molecule has 0 radical (unpaired) electrons. The predicted octanol–water partition coefficient (Wildman–Crippen LogP) is 4.74. The van der Waals surface area contributed by atoms with Crippen LogP contribution in [0.15, 0.2) is 0 Å². The fourth-order valence-electron chi connectivity index (χ4n) is 8.47. The average Bonchev–Trinajstić information content (AvgIpc) is 3.27. The van der Waals surface area contributed by atoms with Gasteiger partial charge >= 0.3 is 17.9 Å². The third kappa shape index (κ3) is 27.5. The zero-order valence-electron chi connectivity index (χ0n) is 46.2. The number of carbonyl (C=O) groups excluding carboxylic acids is 9. The number of hydrogen-bond acceptors (Lipinski definition) is 12. The van der Waals surface area contributed by atoms with Crippen molar-refractivity contribution in [2.24, 2.45) is 35.5 Å². The van der Waals surface area contributed by atoms with Gasteiger partial charge in [0.1, 0.15) is 48.4 Å². The minimum absolute atomic E-state index is 0.0719. The second-order valence-electron chi connectivity index (χ2n) is 22.2. The van der Waals surface area contributed by atoms with Gasteiger partial charge in [-0.15, -0.1) is 0 Å². The molecule has 20 nitrogen and oxygen atoms in total. The summed E-state index contributed by atoms with van der Waals surface area (Å²) in [5.74, 6) is -9.23. The van der Waals surface area contributed by atoms with Gasteiger partial charge < -0.3 is 51.8 Å². The molecule has 0 saturated carbocycles. The van der Waals surface area contributed by atoms with E-state index in [9.17, 15) is 53.1 Å². The Morgan fingerprint density at radius 1 is 0.507 bits per heavy atom. The number of ether oxygens (including phenoxy) is 2. The quantitative estimate of drug-likeness (QED) is 0.0508. The highest BCUT2D eigenvalue weighted by molar-refractivity contribution is 5.98. The number of carboxylic acids is 1. The summed E-state index contributed by atoms with van der Waals surface area (Å²) in [6.45, 7) is 22.2. The summed E-state index contributed by atoms with van der Waals surface area (Å²) in [4.78, 5) is 138. The summed E-state index contributed by atoms with van der Waals surface area (Å²) in [6, 6.07) is -9.37. The molecule has 0 spiro atoms. The molecular formula is C53H93N7O13. The van der Waals surface area contributed by atoms with Crippen LogP contribution in [0.4, 0.5) is 0 Å². The molecule has 0 aromatic heterocycles. The highest BCUT2D eigenvalue weighted by Crippen LogP contribution is 2.19. The normalized spacial score (nSPS) is 24.0. The maximum absolute atomic E-state index is 14.2. The fraction of sp³-hybridized carbons (Fsp3) is 0.811. The van der Waals surface area contributed by atoms with E-state index in [4.69, 9.17) is 9.47 Å². The number of carbonyl (C=O) groups is 10. The van der Waals surface area contributed by atoms with Gasteiger partial charge in [-0.3, -0.25) is 43.2 Å². The zero-order valence-corrected chi connectivity index (χ0v) is 46.2. The Hall–Kier alpha value is -5.30. The molecule has 7 amide bonds. The monoisotopic (exact) mass is 1040 g/mol. The van der Waals surface area contributed by atoms with Gasteiger partial charge in [-0.2, -0.15) is 0 Å². The number of methoxy groups -OCH3 is 1. The molecule has 1 heterocycles. The molecule has 2 unspecified atom stereocenters. The fourth-order valence-corrected chi connectivity index (χ4v) is 8.47. The Kier molecular flexibility index (Phi) is 30.8. The highest BCUT2D eigenvalue weighted by Gasteiger charge is 2.37. The predicted molar refractivity (Wildman–Crippen MR) is 276 cm³/mol. The van der Waals surface area contributed by atoms with Crippen LogP contribution < -0.4 is 37.2 Å². The SMILES string of the molecule is COC(=O)C[C@@H]1NC(=O)[C@H](C(C)C)NC(=O)C(CC(C)C)NC(=O)[C@H](CC(C)C)NC(=O)[C@@H](CCC(=O)O)NC(=O)CC(CCCCCCCCC(C)C)OC(=O)[C@H](CC(C)C)NC(=O)[C@@H](CC(C)C)NC1=O. The van der Waals surface area contributed by atoms with Crippen LogP contribution in [0.2, 0.25) is 0 Å². The van der Waals surface area contributed by atoms with Gasteiger partial charge in [-0.25, -0.2) is 4.79 Å². The minimum Gasteiger partial charge on any atom is -0.481 e. The Balaban J connectivity index is 4.01. The van der Waals surface area contributed by atoms with Crippen molar-refractivity contribution in [3.8, 4) is 0 Å². The van der Waals surface area contributed by atoms with Crippen molar-refractivity contribution >= 4 is 59.3 Å². The largest absolute Gasteiger partial charge is 0.481 e. The standard InChI is InChI=1S/C53H93N7O13/c1-30(2)20-18-16-14-15-17-19-21-36-28-43(61)54-37(22-23-44(62)63)47(65)55-38(24-31(3)4)48(66)57-40(26-33(7)8)51(69)60-46(35(11)12)52(70)58-41(29-45(64)72-13)50(68)56-39(25-32(5)6)49(67)59-42(27-34(9)10)53(71)73-36/h30-42,46H,14-29H2,1-13H3,(H,54,61)(H,55,65)(H,56,68)(H,57,66)(H,58,70)(H,59,67)(H,60,69)(H,62,63)/t36?,37-,38+,39-,40?,41+,42+,46+/m1/s1. The first-order valence-electron chi connectivity index (χ1n) is 26.7. The molecule has 0 bridgehead atoms. The first-order chi connectivity index (χ1) is 34.1. The van der Waals surface area contributed by atoms with Gasteiger partial charge in [0.25, 0.3) is 0 Å². The number of hydrogen-bond donors (Lipinski definition) is 8. The summed E-state index contributed by atoms with van der Waals surface area (Å²) < 4.78 is 10.9. The van der Waals surface area contributed by atoms with Crippen LogP contribution in [0, 0.1) is 35.5 Å². The Labute approximate surface area is 434 Å². The molecule has 73 heavy (non-hydrogen) atoms. The van der Waals surface area contributed by atoms with E-state index in [1.807, 2.05) is 55.4 Å². The van der Waals surface area contributed by atoms with Crippen molar-refractivity contribution < 1.29 is 62.5 Å². The first-order valence-corrected chi connectivity index (χ1v) is 26.7. The molecule has 8 atom stereocenters. The van der Waals surface area contributed by atoms with E-state index in [1.165, 1.54) is 0 Å². The first kappa shape index (κ1) is 65.7. The Morgan fingerprint density at radius 3 is 1.37 bits per heavy atom. The van der Waals surface area contributed by atoms with E-state index in [1.54, 1.807) is 13.8 Å². The van der Waals surface area contributed by atoms with Crippen LogP contribution in [-0.4, -0.2) is 120 Å². The number of amides is 7. The Bertz CT molecular complexity index is 1800. The zero-order chi connectivity index (χ0) is 55.5. The maximum Gasteiger partial charge on any atom is 0.328 e. The molecule has 1 saturated heterocycles. The molecule has 0 aromatic carbocycles. The number of unbranched alkanes of at least 4 members (excludes halogenated alkanes) is 5. The average molecular weight is 1040 g/mol. The van der Waals surface area contributed by atoms with E-state index in [2.05, 4.69) is 51.1 Å². The number of nitrogens with one attached hydrogen (secondary N) is 7. The second-order valence-corrected chi connectivity index (χ2v) is 22.2. The van der Waals surface area contributed by atoms with Crippen LogP contribution in [0.1, 0.15) is 186 Å². The van der Waals surface area contributed by atoms with Crippen molar-refractivity contribution in [3.05, 3.63) is 0 Å². The van der Waals surface area contributed by atoms with E-state index >= 15 is 0 Å². The van der Waals surface area contributed by atoms with Gasteiger partial charge in [-0.1, -0.05) is 122 Å². The lowest BCUT2D eigenvalue weighted by atomic mass is 9.98. The molecule has 0 aliphatic carbocycles. The number of aliphatic carboxylic acids is 1. The van der Waals surface area contributed by atoms with Crippen molar-refractivity contribution in [3.63, 3.8) is 0 Å². The smallest absolute Gasteiger partial charge is 0.328 e. The van der Waals surface area contributed by atoms with E-state index in [0.717, 1.165) is 45.6 Å². The van der Waals surface area contributed by atoms with Crippen LogP contribution >= 0.6 is 0 Å².